The molecule has 0 saturated carbocycles. The number of benzene rings is 4. The van der Waals surface area contributed by atoms with Crippen LogP contribution < -0.4 is 0 Å². The van der Waals surface area contributed by atoms with Crippen LogP contribution in [0.2, 0.25) is 0 Å². The Morgan fingerprint density at radius 2 is 1.60 bits per heavy atom. The van der Waals surface area contributed by atoms with E-state index in [1.54, 1.807) is 12.1 Å². The number of aryl methyl sites for hydroxylation is 3. The standard InChI is InChI=1S/C33H30N4O2.Mg.2H/c1-4-9-30-35-31-21(2)18-24(32-34-27-12-7-8-13-28(27)36(32)3)19-29(31)37(30)20-22-14-16-23(17-15-22)25-10-5-6-11-26(25)33(38)39;;;/h5-8,10-19H,4,9,20H2,1-3H3,(H,38,39);;;. The highest BCUT2D eigenvalue weighted by atomic mass is 24.3. The third-order valence-corrected chi connectivity index (χ3v) is 7.41. The molecule has 0 aliphatic carbocycles. The first-order valence-electron chi connectivity index (χ1n) is 13.3. The maximum absolute atomic E-state index is 11.7. The van der Waals surface area contributed by atoms with E-state index in [1.165, 1.54) is 0 Å². The number of rotatable bonds is 7. The van der Waals surface area contributed by atoms with Gasteiger partial charge in [0.05, 0.1) is 27.6 Å². The SMILES string of the molecule is CCCc1nc2c(C)cc(-c3nc4ccccc4n3C)cc2n1Cc1ccc(-c2ccccc2C(=O)O)cc1.[MgH2]. The second-order valence-corrected chi connectivity index (χ2v) is 10.1. The van der Waals surface area contributed by atoms with Crippen LogP contribution in [0.4, 0.5) is 0 Å². The van der Waals surface area contributed by atoms with E-state index in [0.29, 0.717) is 12.1 Å². The highest BCUT2D eigenvalue weighted by Gasteiger charge is 2.17. The molecule has 4 aromatic carbocycles. The fraction of sp³-hybridized carbons (Fsp3) is 0.182. The van der Waals surface area contributed by atoms with Crippen molar-refractivity contribution < 1.29 is 9.90 Å². The Morgan fingerprint density at radius 1 is 0.875 bits per heavy atom. The van der Waals surface area contributed by atoms with Crippen LogP contribution in [0.3, 0.4) is 0 Å². The normalized spacial score (nSPS) is 11.2. The van der Waals surface area contributed by atoms with Gasteiger partial charge in [-0.05, 0) is 65.9 Å². The number of hydrogen-bond donors (Lipinski definition) is 1. The molecule has 198 valence electrons. The van der Waals surface area contributed by atoms with Gasteiger partial charge in [-0.15, -0.1) is 0 Å². The van der Waals surface area contributed by atoms with Gasteiger partial charge in [0.25, 0.3) is 0 Å². The van der Waals surface area contributed by atoms with Gasteiger partial charge in [0.15, 0.2) is 0 Å². The molecule has 0 amide bonds. The first kappa shape index (κ1) is 27.6. The number of nitrogens with zero attached hydrogens (tertiary/aromatic N) is 4. The van der Waals surface area contributed by atoms with Gasteiger partial charge in [-0.1, -0.05) is 61.5 Å². The zero-order valence-electron chi connectivity index (χ0n) is 22.3. The lowest BCUT2D eigenvalue weighted by atomic mass is 9.98. The average molecular weight is 541 g/mol. The van der Waals surface area contributed by atoms with Crippen molar-refractivity contribution in [1.82, 2.24) is 19.1 Å². The predicted molar refractivity (Wildman–Crippen MR) is 165 cm³/mol. The average Bonchev–Trinajstić information content (AvgIpc) is 3.47. The maximum atomic E-state index is 11.7. The molecule has 0 fully saturated rings. The lowest BCUT2D eigenvalue weighted by Gasteiger charge is -2.12. The van der Waals surface area contributed by atoms with Crippen molar-refractivity contribution in [1.29, 1.82) is 0 Å². The molecule has 0 aliphatic rings. The Hall–Kier alpha value is -3.94. The van der Waals surface area contributed by atoms with E-state index in [9.17, 15) is 9.90 Å². The second kappa shape index (κ2) is 11.3. The van der Waals surface area contributed by atoms with Gasteiger partial charge >= 0.3 is 29.0 Å². The summed E-state index contributed by atoms with van der Waals surface area (Å²) in [5, 5.41) is 9.60. The third kappa shape index (κ3) is 4.91. The lowest BCUT2D eigenvalue weighted by Crippen LogP contribution is -2.05. The molecule has 6 nitrogen and oxygen atoms in total. The summed E-state index contributed by atoms with van der Waals surface area (Å²) in [7, 11) is 2.06. The van der Waals surface area contributed by atoms with Gasteiger partial charge in [-0.3, -0.25) is 0 Å². The summed E-state index contributed by atoms with van der Waals surface area (Å²) < 4.78 is 4.47. The summed E-state index contributed by atoms with van der Waals surface area (Å²) >= 11 is 0. The zero-order chi connectivity index (χ0) is 27.1. The van der Waals surface area contributed by atoms with Crippen LogP contribution in [0.25, 0.3) is 44.6 Å². The molecule has 1 N–H and O–H groups in total. The Labute approximate surface area is 249 Å². The van der Waals surface area contributed by atoms with E-state index in [2.05, 4.69) is 60.4 Å². The molecule has 0 radical (unpaired) electrons. The van der Waals surface area contributed by atoms with Crippen LogP contribution in [0, 0.1) is 6.92 Å². The molecule has 0 bridgehead atoms. The molecular formula is C33H32MgN4O2. The van der Waals surface area contributed by atoms with Gasteiger partial charge in [0.2, 0.25) is 0 Å². The van der Waals surface area contributed by atoms with Crippen molar-refractivity contribution in [3.63, 3.8) is 0 Å². The van der Waals surface area contributed by atoms with E-state index < -0.39 is 5.97 Å². The zero-order valence-corrected chi connectivity index (χ0v) is 22.3. The Kier molecular flexibility index (Phi) is 7.78. The van der Waals surface area contributed by atoms with Crippen LogP contribution in [0.5, 0.6) is 0 Å². The summed E-state index contributed by atoms with van der Waals surface area (Å²) in [5.41, 5.74) is 9.46. The van der Waals surface area contributed by atoms with E-state index in [-0.39, 0.29) is 23.1 Å². The minimum atomic E-state index is -0.921. The van der Waals surface area contributed by atoms with E-state index in [1.807, 2.05) is 42.5 Å². The third-order valence-electron chi connectivity index (χ3n) is 7.41. The smallest absolute Gasteiger partial charge is 0.336 e. The van der Waals surface area contributed by atoms with Crippen molar-refractivity contribution in [2.75, 3.05) is 0 Å². The van der Waals surface area contributed by atoms with E-state index in [4.69, 9.17) is 9.97 Å². The molecular weight excluding hydrogens is 509 g/mol. The highest BCUT2D eigenvalue weighted by molar-refractivity contribution is 5.96. The summed E-state index contributed by atoms with van der Waals surface area (Å²) in [6, 6.07) is 27.9. The Bertz CT molecular complexity index is 1850. The molecule has 0 aliphatic heterocycles. The minimum Gasteiger partial charge on any atom is -0.478 e. The molecule has 6 aromatic rings. The molecule has 0 spiro atoms. The Morgan fingerprint density at radius 3 is 2.33 bits per heavy atom. The monoisotopic (exact) mass is 540 g/mol. The summed E-state index contributed by atoms with van der Waals surface area (Å²) in [4.78, 5) is 21.7. The van der Waals surface area contributed by atoms with Crippen molar-refractivity contribution in [2.45, 2.75) is 33.2 Å². The second-order valence-electron chi connectivity index (χ2n) is 10.1. The van der Waals surface area contributed by atoms with Crippen molar-refractivity contribution >= 4 is 51.1 Å². The number of hydrogen-bond acceptors (Lipinski definition) is 3. The number of fused-ring (bicyclic) bond motifs is 2. The maximum Gasteiger partial charge on any atom is 0.336 e. The van der Waals surface area contributed by atoms with Gasteiger partial charge in [0, 0.05) is 25.6 Å². The molecule has 0 unspecified atom stereocenters. The van der Waals surface area contributed by atoms with Crippen LogP contribution in [-0.2, 0) is 20.0 Å². The van der Waals surface area contributed by atoms with Gasteiger partial charge in [-0.25, -0.2) is 14.8 Å². The minimum absolute atomic E-state index is 0. The lowest BCUT2D eigenvalue weighted by molar-refractivity contribution is 0.0697. The number of imidazole rings is 2. The van der Waals surface area contributed by atoms with Crippen LogP contribution >= 0.6 is 0 Å². The summed E-state index contributed by atoms with van der Waals surface area (Å²) in [5.74, 6) is 1.08. The topological polar surface area (TPSA) is 72.9 Å². The number of carboxylic acids is 1. The van der Waals surface area contributed by atoms with Crippen molar-refractivity contribution in [3.05, 3.63) is 107 Å². The number of aromatic carboxylic acids is 1. The van der Waals surface area contributed by atoms with Gasteiger partial charge in [-0.2, -0.15) is 0 Å². The largest absolute Gasteiger partial charge is 0.478 e. The number of aromatic nitrogens is 4. The molecule has 7 heteroatoms. The van der Waals surface area contributed by atoms with Crippen LogP contribution in [0.1, 0.15) is 40.7 Å². The first-order chi connectivity index (χ1) is 18.9. The first-order valence-corrected chi connectivity index (χ1v) is 13.3. The number of carboxylic acid groups (broad SMARTS) is 1. The number of carbonyl (C=O) groups is 1. The highest BCUT2D eigenvalue weighted by Crippen LogP contribution is 2.31. The predicted octanol–water partition coefficient (Wildman–Crippen LogP) is 6.35. The molecule has 2 aromatic heterocycles. The van der Waals surface area contributed by atoms with Crippen molar-refractivity contribution in [2.24, 2.45) is 7.05 Å². The van der Waals surface area contributed by atoms with Crippen LogP contribution in [0.15, 0.2) is 84.9 Å². The Balaban J connectivity index is 0.00000323. The van der Waals surface area contributed by atoms with Gasteiger partial charge in [0.1, 0.15) is 11.6 Å². The fourth-order valence-electron chi connectivity index (χ4n) is 5.46. The van der Waals surface area contributed by atoms with E-state index >= 15 is 0 Å². The molecule has 40 heavy (non-hydrogen) atoms. The summed E-state index contributed by atoms with van der Waals surface area (Å²) in [6.45, 7) is 4.98. The molecule has 6 rings (SSSR count). The van der Waals surface area contributed by atoms with Crippen LogP contribution in [-0.4, -0.2) is 53.2 Å². The van der Waals surface area contributed by atoms with Gasteiger partial charge < -0.3 is 14.2 Å². The fourth-order valence-corrected chi connectivity index (χ4v) is 5.46. The van der Waals surface area contributed by atoms with Crippen molar-refractivity contribution in [3.8, 4) is 22.5 Å². The quantitative estimate of drug-likeness (QED) is 0.240. The summed E-state index contributed by atoms with van der Waals surface area (Å²) in [6.07, 6.45) is 1.89. The molecule has 2 heterocycles. The number of para-hydroxylation sites is 2. The molecule has 0 atom stereocenters. The van der Waals surface area contributed by atoms with E-state index in [0.717, 1.165) is 74.4 Å². The molecule has 0 saturated heterocycles.